The van der Waals surface area contributed by atoms with E-state index >= 15 is 0 Å². The van der Waals surface area contributed by atoms with Crippen molar-refractivity contribution in [2.24, 2.45) is 0 Å². The van der Waals surface area contributed by atoms with Gasteiger partial charge in [-0.2, -0.15) is 0 Å². The first-order chi connectivity index (χ1) is 14.8. The quantitative estimate of drug-likeness (QED) is 0.519. The minimum Gasteiger partial charge on any atom is -0.492 e. The van der Waals surface area contributed by atoms with Gasteiger partial charge in [-0.25, -0.2) is 4.90 Å². The van der Waals surface area contributed by atoms with Crippen LogP contribution in [0.5, 0.6) is 5.75 Å². The van der Waals surface area contributed by atoms with Crippen molar-refractivity contribution in [2.45, 2.75) is 45.4 Å². The average molecular weight is 508 g/mol. The Morgan fingerprint density at radius 1 is 1.26 bits per heavy atom. The topological polar surface area (TPSA) is 106 Å². The normalized spacial score (nSPS) is 13.5. The van der Waals surface area contributed by atoms with Crippen molar-refractivity contribution >= 4 is 51.1 Å². The molecule has 0 aliphatic carbocycles. The Hall–Kier alpha value is -2.66. The predicted molar refractivity (Wildman–Crippen MR) is 120 cm³/mol. The first-order valence-electron chi connectivity index (χ1n) is 9.72. The molecule has 1 aliphatic heterocycles. The van der Waals surface area contributed by atoms with E-state index in [2.05, 4.69) is 31.4 Å². The van der Waals surface area contributed by atoms with Crippen LogP contribution < -0.4 is 15.0 Å². The Morgan fingerprint density at radius 2 is 2.03 bits per heavy atom. The van der Waals surface area contributed by atoms with Gasteiger partial charge in [0, 0.05) is 19.5 Å². The lowest BCUT2D eigenvalue weighted by Gasteiger charge is -2.16. The summed E-state index contributed by atoms with van der Waals surface area (Å²) in [4.78, 5) is 38.1. The molecule has 0 unspecified atom stereocenters. The van der Waals surface area contributed by atoms with Crippen LogP contribution in [0.25, 0.3) is 0 Å². The molecule has 2 aromatic rings. The smallest absolute Gasteiger partial charge is 0.272 e. The molecule has 0 saturated carbocycles. The Morgan fingerprint density at radius 3 is 2.68 bits per heavy atom. The van der Waals surface area contributed by atoms with Crippen LogP contribution in [-0.4, -0.2) is 39.1 Å². The number of thioether (sulfide) groups is 1. The molecule has 0 radical (unpaired) electrons. The predicted octanol–water partition coefficient (Wildman–Crippen LogP) is 3.03. The number of rotatable bonds is 9. The molecule has 1 aliphatic rings. The van der Waals surface area contributed by atoms with E-state index in [1.807, 2.05) is 13.8 Å². The van der Waals surface area contributed by atoms with E-state index in [-0.39, 0.29) is 17.4 Å². The zero-order valence-corrected chi connectivity index (χ0v) is 19.7. The third-order valence-corrected chi connectivity index (χ3v) is 5.95. The standard InChI is InChI=1S/C20H22BrN5O4S/c1-4-8-30-15-7-6-13(9-14(15)21)26-18(28)10-16(19(26)29)31-20-24-23-17(25(20)5-2)11-22-12(3)27/h6-7,9-10H,4-5,8,11H2,1-3H3,(H,22,27). The van der Waals surface area contributed by atoms with Crippen LogP contribution in [0, 0.1) is 0 Å². The number of imide groups is 1. The van der Waals surface area contributed by atoms with E-state index < -0.39 is 11.8 Å². The van der Waals surface area contributed by atoms with Crippen molar-refractivity contribution in [1.29, 1.82) is 0 Å². The molecular weight excluding hydrogens is 486 g/mol. The number of nitrogens with one attached hydrogen (secondary N) is 1. The molecule has 0 bridgehead atoms. The maximum atomic E-state index is 13.0. The van der Waals surface area contributed by atoms with Gasteiger partial charge in [-0.05, 0) is 59.2 Å². The second-order valence-corrected chi connectivity index (χ2v) is 8.47. The number of anilines is 1. The number of amides is 3. The molecule has 0 saturated heterocycles. The van der Waals surface area contributed by atoms with Gasteiger partial charge in [-0.15, -0.1) is 10.2 Å². The summed E-state index contributed by atoms with van der Waals surface area (Å²) >= 11 is 4.51. The van der Waals surface area contributed by atoms with E-state index in [9.17, 15) is 14.4 Å². The van der Waals surface area contributed by atoms with Gasteiger partial charge in [0.05, 0.1) is 28.2 Å². The third-order valence-electron chi connectivity index (χ3n) is 4.33. The van der Waals surface area contributed by atoms with Crippen molar-refractivity contribution in [3.63, 3.8) is 0 Å². The van der Waals surface area contributed by atoms with Gasteiger partial charge < -0.3 is 14.6 Å². The van der Waals surface area contributed by atoms with Crippen molar-refractivity contribution < 1.29 is 19.1 Å². The van der Waals surface area contributed by atoms with E-state index in [0.29, 0.717) is 40.0 Å². The first kappa shape index (κ1) is 23.0. The molecule has 3 amide bonds. The van der Waals surface area contributed by atoms with Crippen LogP contribution in [0.1, 0.15) is 33.0 Å². The van der Waals surface area contributed by atoms with Crippen LogP contribution in [0.3, 0.4) is 0 Å². The lowest BCUT2D eigenvalue weighted by Crippen LogP contribution is -2.30. The summed E-state index contributed by atoms with van der Waals surface area (Å²) in [5, 5.41) is 11.4. The highest BCUT2D eigenvalue weighted by atomic mass is 79.9. The van der Waals surface area contributed by atoms with Crippen molar-refractivity contribution in [3.05, 3.63) is 39.5 Å². The SMILES string of the molecule is CCCOc1ccc(N2C(=O)C=C(Sc3nnc(CNC(C)=O)n3CC)C2=O)cc1Br. The summed E-state index contributed by atoms with van der Waals surface area (Å²) in [5.41, 5.74) is 0.445. The van der Waals surface area contributed by atoms with Crippen molar-refractivity contribution in [1.82, 2.24) is 20.1 Å². The summed E-state index contributed by atoms with van der Waals surface area (Å²) in [6, 6.07) is 5.08. The maximum absolute atomic E-state index is 13.0. The fourth-order valence-electron chi connectivity index (χ4n) is 2.87. The summed E-state index contributed by atoms with van der Waals surface area (Å²) in [6.45, 7) is 6.70. The van der Waals surface area contributed by atoms with Crippen molar-refractivity contribution in [3.8, 4) is 5.75 Å². The maximum Gasteiger partial charge on any atom is 0.272 e. The number of carbonyl (C=O) groups excluding carboxylic acids is 3. The largest absolute Gasteiger partial charge is 0.492 e. The lowest BCUT2D eigenvalue weighted by molar-refractivity contribution is -0.120. The molecule has 2 heterocycles. The van der Waals surface area contributed by atoms with E-state index in [1.165, 1.54) is 13.0 Å². The number of hydrogen-bond donors (Lipinski definition) is 1. The number of nitrogens with zero attached hydrogens (tertiary/aromatic N) is 4. The van der Waals surface area contributed by atoms with Crippen LogP contribution in [0.15, 0.2) is 38.8 Å². The number of benzene rings is 1. The fraction of sp³-hybridized carbons (Fsp3) is 0.350. The number of halogens is 1. The zero-order chi connectivity index (χ0) is 22.5. The Bertz CT molecular complexity index is 1050. The highest BCUT2D eigenvalue weighted by molar-refractivity contribution is 9.10. The molecule has 1 aromatic carbocycles. The number of hydrogen-bond acceptors (Lipinski definition) is 7. The van der Waals surface area contributed by atoms with E-state index in [0.717, 1.165) is 23.1 Å². The summed E-state index contributed by atoms with van der Waals surface area (Å²) in [7, 11) is 0. The van der Waals surface area contributed by atoms with Gasteiger partial charge >= 0.3 is 0 Å². The zero-order valence-electron chi connectivity index (χ0n) is 17.3. The van der Waals surface area contributed by atoms with Crippen LogP contribution in [0.4, 0.5) is 5.69 Å². The second-order valence-electron chi connectivity index (χ2n) is 6.61. The molecule has 1 N–H and O–H groups in total. The summed E-state index contributed by atoms with van der Waals surface area (Å²) in [5.74, 6) is 0.184. The molecule has 31 heavy (non-hydrogen) atoms. The second kappa shape index (κ2) is 10.1. The van der Waals surface area contributed by atoms with Gasteiger partial charge in [0.25, 0.3) is 11.8 Å². The van der Waals surface area contributed by atoms with Gasteiger partial charge in [-0.1, -0.05) is 6.92 Å². The van der Waals surface area contributed by atoms with Crippen LogP contribution in [0.2, 0.25) is 0 Å². The molecule has 1 aromatic heterocycles. The molecule has 0 fully saturated rings. The molecule has 0 spiro atoms. The Labute approximate surface area is 192 Å². The highest BCUT2D eigenvalue weighted by Gasteiger charge is 2.34. The molecule has 11 heteroatoms. The fourth-order valence-corrected chi connectivity index (χ4v) is 4.31. The summed E-state index contributed by atoms with van der Waals surface area (Å²) in [6.07, 6.45) is 2.17. The van der Waals surface area contributed by atoms with E-state index in [4.69, 9.17) is 4.74 Å². The number of ether oxygens (including phenoxy) is 1. The molecule has 164 valence electrons. The van der Waals surface area contributed by atoms with Crippen LogP contribution in [-0.2, 0) is 27.5 Å². The van der Waals surface area contributed by atoms with Gasteiger partial charge in [0.15, 0.2) is 11.0 Å². The van der Waals surface area contributed by atoms with Crippen LogP contribution >= 0.6 is 27.7 Å². The highest BCUT2D eigenvalue weighted by Crippen LogP contribution is 2.36. The molecular formula is C20H22BrN5O4S. The number of aromatic nitrogens is 3. The van der Waals surface area contributed by atoms with E-state index in [1.54, 1.807) is 22.8 Å². The Balaban J connectivity index is 1.77. The number of carbonyl (C=O) groups is 3. The third kappa shape index (κ3) is 5.16. The van der Waals surface area contributed by atoms with Gasteiger partial charge in [0.2, 0.25) is 5.91 Å². The van der Waals surface area contributed by atoms with Gasteiger partial charge in [-0.3, -0.25) is 14.4 Å². The van der Waals surface area contributed by atoms with Gasteiger partial charge in [0.1, 0.15) is 5.75 Å². The first-order valence-corrected chi connectivity index (χ1v) is 11.3. The average Bonchev–Trinajstić information content (AvgIpc) is 3.25. The molecule has 9 nitrogen and oxygen atoms in total. The monoisotopic (exact) mass is 507 g/mol. The minimum absolute atomic E-state index is 0.174. The minimum atomic E-state index is -0.432. The molecule has 0 atom stereocenters. The van der Waals surface area contributed by atoms with Crippen molar-refractivity contribution in [2.75, 3.05) is 11.5 Å². The molecule has 3 rings (SSSR count). The summed E-state index contributed by atoms with van der Waals surface area (Å²) < 4.78 is 8.07. The lowest BCUT2D eigenvalue weighted by atomic mass is 10.2. The Kier molecular flexibility index (Phi) is 7.50.